The number of nitrogens with one attached hydrogen (secondary N) is 1. The molecule has 0 spiro atoms. The lowest BCUT2D eigenvalue weighted by Crippen LogP contribution is -2.40. The van der Waals surface area contributed by atoms with E-state index < -0.39 is 22.5 Å². The molecule has 4 rings (SSSR count). The summed E-state index contributed by atoms with van der Waals surface area (Å²) in [4.78, 5) is 12.9. The smallest absolute Gasteiger partial charge is 0.264 e. The zero-order valence-corrected chi connectivity index (χ0v) is 23.0. The van der Waals surface area contributed by atoms with Crippen LogP contribution < -0.4 is 14.5 Å². The van der Waals surface area contributed by atoms with E-state index in [4.69, 9.17) is 4.74 Å². The van der Waals surface area contributed by atoms with Crippen molar-refractivity contribution in [2.24, 2.45) is 5.10 Å². The van der Waals surface area contributed by atoms with Crippen LogP contribution in [-0.2, 0) is 21.4 Å². The van der Waals surface area contributed by atoms with Gasteiger partial charge in [0.2, 0.25) is 0 Å². The Balaban J connectivity index is 1.41. The summed E-state index contributed by atoms with van der Waals surface area (Å²) in [5, 5.41) is 4.02. The summed E-state index contributed by atoms with van der Waals surface area (Å²) in [7, 11) is -3.99. The van der Waals surface area contributed by atoms with Crippen LogP contribution in [0.2, 0.25) is 0 Å². The first-order chi connectivity index (χ1) is 18.7. The van der Waals surface area contributed by atoms with E-state index in [1.165, 1.54) is 23.9 Å². The SMILES string of the molecule is Cc1ccc(COc2ccc(/C=N\NC(=O)CN(c3ccc(C)cc3C)S(=O)(=O)c3ccccc3)cc2)cc1. The molecule has 1 N–H and O–H groups in total. The Labute approximate surface area is 229 Å². The maximum Gasteiger partial charge on any atom is 0.264 e. The fraction of sp³-hybridized carbons (Fsp3) is 0.161. The minimum atomic E-state index is -3.99. The standard InChI is InChI=1S/C31H31N3O4S/c1-23-9-12-27(13-10-23)22-38-28-16-14-26(15-17-28)20-32-33-31(35)21-34(30-18-11-24(2)19-25(30)3)39(36,37)29-7-5-4-6-8-29/h4-20H,21-22H2,1-3H3,(H,33,35)/b32-20-. The molecule has 39 heavy (non-hydrogen) atoms. The first-order valence-electron chi connectivity index (χ1n) is 12.5. The normalized spacial score (nSPS) is 11.4. The predicted octanol–water partition coefficient (Wildman–Crippen LogP) is 5.54. The molecule has 0 heterocycles. The Kier molecular flexibility index (Phi) is 8.78. The van der Waals surface area contributed by atoms with Gasteiger partial charge in [0, 0.05) is 0 Å². The summed E-state index contributed by atoms with van der Waals surface area (Å²) in [5.41, 5.74) is 7.65. The maximum atomic E-state index is 13.5. The van der Waals surface area contributed by atoms with Crippen molar-refractivity contribution in [1.29, 1.82) is 0 Å². The molecule has 4 aromatic carbocycles. The van der Waals surface area contributed by atoms with Crippen LogP contribution in [0.25, 0.3) is 0 Å². The van der Waals surface area contributed by atoms with E-state index in [2.05, 4.69) is 10.5 Å². The number of anilines is 1. The fourth-order valence-corrected chi connectivity index (χ4v) is 5.46. The molecule has 200 valence electrons. The number of hydrazone groups is 1. The van der Waals surface area contributed by atoms with Gasteiger partial charge in [0.25, 0.3) is 15.9 Å². The van der Waals surface area contributed by atoms with Gasteiger partial charge in [0.05, 0.1) is 16.8 Å². The van der Waals surface area contributed by atoms with Crippen molar-refractivity contribution in [3.8, 4) is 5.75 Å². The highest BCUT2D eigenvalue weighted by molar-refractivity contribution is 7.92. The second-order valence-corrected chi connectivity index (χ2v) is 11.1. The summed E-state index contributed by atoms with van der Waals surface area (Å²) in [6, 6.07) is 28.9. The molecule has 0 radical (unpaired) electrons. The molecule has 4 aromatic rings. The van der Waals surface area contributed by atoms with Crippen molar-refractivity contribution in [3.63, 3.8) is 0 Å². The molecule has 0 aliphatic carbocycles. The number of hydrogen-bond donors (Lipinski definition) is 1. The average molecular weight is 542 g/mol. The first kappa shape index (κ1) is 27.6. The molecular formula is C31H31N3O4S. The molecule has 0 aliphatic rings. The van der Waals surface area contributed by atoms with Crippen LogP contribution in [0.5, 0.6) is 5.75 Å². The van der Waals surface area contributed by atoms with Crippen LogP contribution in [0.3, 0.4) is 0 Å². The quantitative estimate of drug-likeness (QED) is 0.211. The Morgan fingerprint density at radius 3 is 2.21 bits per heavy atom. The minimum absolute atomic E-state index is 0.103. The molecule has 0 fully saturated rings. The first-order valence-corrected chi connectivity index (χ1v) is 13.9. The summed E-state index contributed by atoms with van der Waals surface area (Å²) in [6.07, 6.45) is 1.49. The van der Waals surface area contributed by atoms with Gasteiger partial charge in [-0.05, 0) is 79.9 Å². The van der Waals surface area contributed by atoms with Crippen molar-refractivity contribution in [3.05, 3.63) is 125 Å². The molecule has 0 saturated heterocycles. The molecule has 0 aliphatic heterocycles. The van der Waals surface area contributed by atoms with Crippen molar-refractivity contribution in [2.75, 3.05) is 10.8 Å². The highest BCUT2D eigenvalue weighted by atomic mass is 32.2. The number of aryl methyl sites for hydroxylation is 3. The Morgan fingerprint density at radius 1 is 0.872 bits per heavy atom. The molecule has 8 heteroatoms. The number of ether oxygens (including phenoxy) is 1. The van der Waals surface area contributed by atoms with Gasteiger partial charge in [0.1, 0.15) is 18.9 Å². The van der Waals surface area contributed by atoms with E-state index in [0.29, 0.717) is 18.0 Å². The number of amides is 1. The molecule has 0 bridgehead atoms. The highest BCUT2D eigenvalue weighted by Crippen LogP contribution is 2.27. The van der Waals surface area contributed by atoms with Crippen molar-refractivity contribution < 1.29 is 17.9 Å². The lowest BCUT2D eigenvalue weighted by atomic mass is 10.1. The van der Waals surface area contributed by atoms with E-state index in [1.807, 2.05) is 81.4 Å². The van der Waals surface area contributed by atoms with Crippen LogP contribution in [0.4, 0.5) is 5.69 Å². The van der Waals surface area contributed by atoms with Gasteiger partial charge in [0.15, 0.2) is 0 Å². The Morgan fingerprint density at radius 2 is 1.54 bits per heavy atom. The molecule has 0 saturated carbocycles. The average Bonchev–Trinajstić information content (AvgIpc) is 2.93. The van der Waals surface area contributed by atoms with Gasteiger partial charge < -0.3 is 4.74 Å². The number of sulfonamides is 1. The molecule has 0 atom stereocenters. The van der Waals surface area contributed by atoms with Crippen molar-refractivity contribution in [1.82, 2.24) is 5.43 Å². The zero-order chi connectivity index (χ0) is 27.8. The predicted molar refractivity (Wildman–Crippen MR) is 155 cm³/mol. The third kappa shape index (κ3) is 7.33. The van der Waals surface area contributed by atoms with Crippen LogP contribution in [0.15, 0.2) is 107 Å². The molecule has 1 amide bonds. The fourth-order valence-electron chi connectivity index (χ4n) is 3.95. The molecule has 7 nitrogen and oxygen atoms in total. The molecule has 0 aromatic heterocycles. The summed E-state index contributed by atoms with van der Waals surface area (Å²) >= 11 is 0. The summed E-state index contributed by atoms with van der Waals surface area (Å²) in [6.45, 7) is 5.83. The third-order valence-electron chi connectivity index (χ3n) is 6.05. The Bertz CT molecular complexity index is 1550. The third-order valence-corrected chi connectivity index (χ3v) is 7.82. The van der Waals surface area contributed by atoms with Crippen molar-refractivity contribution in [2.45, 2.75) is 32.3 Å². The number of rotatable bonds is 10. The Hall–Kier alpha value is -4.43. The monoisotopic (exact) mass is 541 g/mol. The summed E-state index contributed by atoms with van der Waals surface area (Å²) < 4.78 is 33.9. The number of nitrogens with zero attached hydrogens (tertiary/aromatic N) is 2. The van der Waals surface area contributed by atoms with Gasteiger partial charge in [-0.15, -0.1) is 0 Å². The number of hydrogen-bond acceptors (Lipinski definition) is 5. The number of carbonyl (C=O) groups is 1. The lowest BCUT2D eigenvalue weighted by molar-refractivity contribution is -0.119. The van der Waals surface area contributed by atoms with E-state index in [9.17, 15) is 13.2 Å². The van der Waals surface area contributed by atoms with Crippen LogP contribution in [0.1, 0.15) is 27.8 Å². The summed E-state index contributed by atoms with van der Waals surface area (Å²) in [5.74, 6) is 0.149. The van der Waals surface area contributed by atoms with E-state index in [1.54, 1.807) is 24.3 Å². The van der Waals surface area contributed by atoms with Gasteiger partial charge in [-0.3, -0.25) is 9.10 Å². The van der Waals surface area contributed by atoms with Crippen molar-refractivity contribution >= 4 is 27.8 Å². The van der Waals surface area contributed by atoms with Crippen LogP contribution >= 0.6 is 0 Å². The van der Waals surface area contributed by atoms with E-state index in [-0.39, 0.29) is 4.90 Å². The zero-order valence-electron chi connectivity index (χ0n) is 22.2. The topological polar surface area (TPSA) is 88.1 Å². The number of benzene rings is 4. The lowest BCUT2D eigenvalue weighted by Gasteiger charge is -2.25. The van der Waals surface area contributed by atoms with Crippen LogP contribution in [-0.4, -0.2) is 27.1 Å². The molecule has 0 unspecified atom stereocenters. The van der Waals surface area contributed by atoms with Crippen LogP contribution in [0, 0.1) is 20.8 Å². The molecular weight excluding hydrogens is 510 g/mol. The van der Waals surface area contributed by atoms with E-state index >= 15 is 0 Å². The largest absolute Gasteiger partial charge is 0.489 e. The van der Waals surface area contributed by atoms with Gasteiger partial charge in [-0.1, -0.05) is 65.7 Å². The maximum absolute atomic E-state index is 13.5. The number of carbonyl (C=O) groups excluding carboxylic acids is 1. The van der Waals surface area contributed by atoms with Gasteiger partial charge >= 0.3 is 0 Å². The second kappa shape index (κ2) is 12.4. The van der Waals surface area contributed by atoms with Gasteiger partial charge in [-0.25, -0.2) is 13.8 Å². The van der Waals surface area contributed by atoms with E-state index in [0.717, 1.165) is 26.6 Å². The second-order valence-electron chi connectivity index (χ2n) is 9.25. The highest BCUT2D eigenvalue weighted by Gasteiger charge is 2.28. The van der Waals surface area contributed by atoms with Gasteiger partial charge in [-0.2, -0.15) is 5.10 Å². The minimum Gasteiger partial charge on any atom is -0.489 e.